The molecule has 0 fully saturated rings. The summed E-state index contributed by atoms with van der Waals surface area (Å²) in [5.41, 5.74) is 3.75. The van der Waals surface area contributed by atoms with Crippen LogP contribution in [0.1, 0.15) is 18.3 Å². The van der Waals surface area contributed by atoms with Crippen molar-refractivity contribution in [2.75, 3.05) is 13.7 Å². The van der Waals surface area contributed by atoms with Crippen LogP contribution in [0.25, 0.3) is 11.1 Å². The van der Waals surface area contributed by atoms with Gasteiger partial charge in [0.15, 0.2) is 0 Å². The molecule has 0 bridgehead atoms. The first-order valence-electron chi connectivity index (χ1n) is 6.12. The predicted octanol–water partition coefficient (Wildman–Crippen LogP) is 3.58. The van der Waals surface area contributed by atoms with E-state index >= 15 is 0 Å². The highest BCUT2D eigenvalue weighted by Gasteiger charge is 2.16. The maximum absolute atomic E-state index is 6.10. The molecule has 0 aliphatic heterocycles. The topological polar surface area (TPSA) is 47.1 Å². The van der Waals surface area contributed by atoms with Gasteiger partial charge in [0.1, 0.15) is 5.75 Å². The second-order valence-corrected chi connectivity index (χ2v) is 4.61. The minimum atomic E-state index is 0.442. The van der Waals surface area contributed by atoms with Crippen LogP contribution < -0.4 is 4.74 Å². The zero-order chi connectivity index (χ0) is 13.8. The first kappa shape index (κ1) is 13.9. The number of benzene rings is 1. The van der Waals surface area contributed by atoms with Crippen molar-refractivity contribution >= 4 is 11.6 Å². The van der Waals surface area contributed by atoms with Gasteiger partial charge in [-0.15, -0.1) is 0 Å². The second-order valence-electron chi connectivity index (χ2n) is 4.18. The number of nitrogens with one attached hydrogen (secondary N) is 1. The monoisotopic (exact) mass is 280 g/mol. The van der Waals surface area contributed by atoms with Crippen molar-refractivity contribution in [2.45, 2.75) is 20.5 Å². The van der Waals surface area contributed by atoms with Crippen molar-refractivity contribution in [3.8, 4) is 16.9 Å². The Morgan fingerprint density at radius 3 is 2.84 bits per heavy atom. The van der Waals surface area contributed by atoms with Gasteiger partial charge in [0.05, 0.1) is 18.9 Å². The molecule has 102 valence electrons. The Morgan fingerprint density at radius 2 is 2.16 bits per heavy atom. The van der Waals surface area contributed by atoms with Crippen LogP contribution >= 0.6 is 11.6 Å². The Balaban J connectivity index is 2.56. The summed E-state index contributed by atoms with van der Waals surface area (Å²) in [5, 5.41) is 7.91. The molecule has 1 N–H and O–H groups in total. The smallest absolute Gasteiger partial charge is 0.127 e. The molecule has 0 amide bonds. The number of aromatic amines is 1. The highest BCUT2D eigenvalue weighted by atomic mass is 35.5. The van der Waals surface area contributed by atoms with Gasteiger partial charge in [-0.1, -0.05) is 11.6 Å². The number of methoxy groups -OCH3 is 1. The fourth-order valence-electron chi connectivity index (χ4n) is 2.06. The fourth-order valence-corrected chi connectivity index (χ4v) is 2.23. The van der Waals surface area contributed by atoms with Crippen molar-refractivity contribution in [1.29, 1.82) is 0 Å². The first-order valence-corrected chi connectivity index (χ1v) is 6.50. The fraction of sp³-hybridized carbons (Fsp3) is 0.357. The van der Waals surface area contributed by atoms with E-state index < -0.39 is 0 Å². The Hall–Kier alpha value is -1.52. The Labute approximate surface area is 117 Å². The van der Waals surface area contributed by atoms with Crippen molar-refractivity contribution in [3.05, 3.63) is 34.6 Å². The van der Waals surface area contributed by atoms with Gasteiger partial charge in [0, 0.05) is 29.0 Å². The van der Waals surface area contributed by atoms with Crippen LogP contribution in [0.3, 0.4) is 0 Å². The first-order chi connectivity index (χ1) is 9.17. The Bertz CT molecular complexity index is 567. The lowest BCUT2D eigenvalue weighted by molar-refractivity contribution is 0.182. The molecule has 0 radical (unpaired) electrons. The van der Waals surface area contributed by atoms with Crippen molar-refractivity contribution < 1.29 is 9.47 Å². The summed E-state index contributed by atoms with van der Waals surface area (Å²) in [6.45, 7) is 4.97. The third-order valence-electron chi connectivity index (χ3n) is 2.81. The number of halogens is 1. The molecular weight excluding hydrogens is 264 g/mol. The van der Waals surface area contributed by atoms with E-state index in [1.54, 1.807) is 7.11 Å². The molecule has 0 aliphatic rings. The van der Waals surface area contributed by atoms with E-state index in [2.05, 4.69) is 10.2 Å². The summed E-state index contributed by atoms with van der Waals surface area (Å²) in [6, 6.07) is 5.59. The third kappa shape index (κ3) is 2.91. The van der Waals surface area contributed by atoms with Crippen molar-refractivity contribution in [1.82, 2.24) is 10.2 Å². The summed E-state index contributed by atoms with van der Waals surface area (Å²) in [7, 11) is 1.65. The molecule has 1 heterocycles. The molecule has 0 aliphatic carbocycles. The maximum atomic E-state index is 6.10. The summed E-state index contributed by atoms with van der Waals surface area (Å²) < 4.78 is 10.8. The molecule has 0 atom stereocenters. The lowest BCUT2D eigenvalue weighted by Crippen LogP contribution is -1.97. The molecular formula is C14H17ClN2O2. The van der Waals surface area contributed by atoms with E-state index in [9.17, 15) is 0 Å². The number of aromatic nitrogens is 2. The average Bonchev–Trinajstić information content (AvgIpc) is 2.74. The number of H-pyrrole nitrogens is 1. The van der Waals surface area contributed by atoms with Gasteiger partial charge in [0.2, 0.25) is 0 Å². The molecule has 2 rings (SSSR count). The Kier molecular flexibility index (Phi) is 4.45. The lowest BCUT2D eigenvalue weighted by Gasteiger charge is -2.11. The normalized spacial score (nSPS) is 10.7. The molecule has 0 saturated heterocycles. The standard InChI is InChI=1S/C14H17ClN2O2/c1-4-19-13-6-5-10(15)7-11(13)14-9(2)16-17-12(14)8-18-3/h5-7H,4,8H2,1-3H3,(H,16,17). The summed E-state index contributed by atoms with van der Waals surface area (Å²) in [5.74, 6) is 0.800. The quantitative estimate of drug-likeness (QED) is 0.910. The number of hydrogen-bond donors (Lipinski definition) is 1. The van der Waals surface area contributed by atoms with E-state index in [1.165, 1.54) is 0 Å². The van der Waals surface area contributed by atoms with E-state index in [-0.39, 0.29) is 0 Å². The second kappa shape index (κ2) is 6.08. The number of rotatable bonds is 5. The van der Waals surface area contributed by atoms with Crippen LogP contribution in [-0.2, 0) is 11.3 Å². The third-order valence-corrected chi connectivity index (χ3v) is 3.05. The molecule has 0 unspecified atom stereocenters. The van der Waals surface area contributed by atoms with Gasteiger partial charge in [-0.3, -0.25) is 5.10 Å². The molecule has 1 aromatic carbocycles. The highest BCUT2D eigenvalue weighted by molar-refractivity contribution is 6.31. The van der Waals surface area contributed by atoms with E-state index in [0.717, 1.165) is 28.3 Å². The van der Waals surface area contributed by atoms with Gasteiger partial charge >= 0.3 is 0 Å². The van der Waals surface area contributed by atoms with Gasteiger partial charge in [-0.05, 0) is 32.0 Å². The summed E-state index contributed by atoms with van der Waals surface area (Å²) in [4.78, 5) is 0. The van der Waals surface area contributed by atoms with Crippen molar-refractivity contribution in [2.24, 2.45) is 0 Å². The molecule has 2 aromatic rings. The van der Waals surface area contributed by atoms with Crippen LogP contribution in [0, 0.1) is 6.92 Å². The van der Waals surface area contributed by atoms with Gasteiger partial charge in [-0.2, -0.15) is 5.10 Å². The van der Waals surface area contributed by atoms with E-state index in [4.69, 9.17) is 21.1 Å². The zero-order valence-electron chi connectivity index (χ0n) is 11.3. The SMILES string of the molecule is CCOc1ccc(Cl)cc1-c1c(COC)n[nH]c1C. The highest BCUT2D eigenvalue weighted by Crippen LogP contribution is 2.36. The van der Waals surface area contributed by atoms with Crippen molar-refractivity contribution in [3.63, 3.8) is 0 Å². The Morgan fingerprint density at radius 1 is 1.37 bits per heavy atom. The number of ether oxygens (including phenoxy) is 2. The largest absolute Gasteiger partial charge is 0.493 e. The molecule has 19 heavy (non-hydrogen) atoms. The molecule has 4 nitrogen and oxygen atoms in total. The molecule has 1 aromatic heterocycles. The summed E-state index contributed by atoms with van der Waals surface area (Å²) in [6.07, 6.45) is 0. The predicted molar refractivity (Wildman–Crippen MR) is 75.7 cm³/mol. The minimum Gasteiger partial charge on any atom is -0.493 e. The van der Waals surface area contributed by atoms with Crippen LogP contribution in [-0.4, -0.2) is 23.9 Å². The molecule has 5 heteroatoms. The molecule has 0 saturated carbocycles. The van der Waals surface area contributed by atoms with Gasteiger partial charge in [-0.25, -0.2) is 0 Å². The summed E-state index contributed by atoms with van der Waals surface area (Å²) >= 11 is 6.10. The van der Waals surface area contributed by atoms with Gasteiger partial charge < -0.3 is 9.47 Å². The number of nitrogens with zero attached hydrogens (tertiary/aromatic N) is 1. The average molecular weight is 281 g/mol. The lowest BCUT2D eigenvalue weighted by atomic mass is 10.0. The number of aryl methyl sites for hydroxylation is 1. The molecule has 0 spiro atoms. The number of hydrogen-bond acceptors (Lipinski definition) is 3. The van der Waals surface area contributed by atoms with E-state index in [1.807, 2.05) is 32.0 Å². The van der Waals surface area contributed by atoms with Crippen LogP contribution in [0.4, 0.5) is 0 Å². The van der Waals surface area contributed by atoms with E-state index in [0.29, 0.717) is 18.2 Å². The van der Waals surface area contributed by atoms with Crippen LogP contribution in [0.5, 0.6) is 5.75 Å². The zero-order valence-corrected chi connectivity index (χ0v) is 12.0. The van der Waals surface area contributed by atoms with Gasteiger partial charge in [0.25, 0.3) is 0 Å². The van der Waals surface area contributed by atoms with Crippen LogP contribution in [0.2, 0.25) is 5.02 Å². The maximum Gasteiger partial charge on any atom is 0.127 e. The van der Waals surface area contributed by atoms with Crippen LogP contribution in [0.15, 0.2) is 18.2 Å². The minimum absolute atomic E-state index is 0.442.